The zero-order valence-electron chi connectivity index (χ0n) is 14.0. The Labute approximate surface area is 145 Å². The summed E-state index contributed by atoms with van der Waals surface area (Å²) < 4.78 is 0. The molecule has 0 spiro atoms. The molecule has 0 bridgehead atoms. The fraction of sp³-hybridized carbons (Fsp3) is 0.333. The third-order valence-corrected chi connectivity index (χ3v) is 4.47. The molecule has 7 heteroatoms. The van der Waals surface area contributed by atoms with Gasteiger partial charge in [-0.25, -0.2) is 4.98 Å². The number of rotatable bonds is 4. The van der Waals surface area contributed by atoms with Crippen LogP contribution in [0, 0.1) is 16.0 Å². The van der Waals surface area contributed by atoms with Crippen LogP contribution in [0.5, 0.6) is 0 Å². The van der Waals surface area contributed by atoms with Gasteiger partial charge >= 0.3 is 0 Å². The lowest BCUT2D eigenvalue weighted by Gasteiger charge is -2.33. The van der Waals surface area contributed by atoms with Gasteiger partial charge in [-0.15, -0.1) is 0 Å². The molecule has 1 aliphatic rings. The molecule has 1 saturated heterocycles. The van der Waals surface area contributed by atoms with E-state index >= 15 is 0 Å². The molecule has 0 aliphatic carbocycles. The SMILES string of the molecule is CC1CCN(c2ccc([N+](=O)[O-])cc2C(=O)Nc2ccccn2)CC1. The minimum atomic E-state index is -0.487. The molecule has 7 nitrogen and oxygen atoms in total. The Kier molecular flexibility index (Phi) is 4.92. The van der Waals surface area contributed by atoms with Gasteiger partial charge in [-0.1, -0.05) is 13.0 Å². The predicted octanol–water partition coefficient (Wildman–Crippen LogP) is 3.48. The predicted molar refractivity (Wildman–Crippen MR) is 95.9 cm³/mol. The number of anilines is 2. The van der Waals surface area contributed by atoms with Crippen molar-refractivity contribution in [3.8, 4) is 0 Å². The van der Waals surface area contributed by atoms with Crippen LogP contribution in [-0.4, -0.2) is 28.9 Å². The number of carbonyl (C=O) groups excluding carboxylic acids is 1. The van der Waals surface area contributed by atoms with Crippen LogP contribution in [0.3, 0.4) is 0 Å². The molecule has 2 heterocycles. The Balaban J connectivity index is 1.92. The number of piperidine rings is 1. The Bertz CT molecular complexity index is 771. The third kappa shape index (κ3) is 3.93. The van der Waals surface area contributed by atoms with Crippen LogP contribution in [0.2, 0.25) is 0 Å². The van der Waals surface area contributed by atoms with Crippen molar-refractivity contribution in [2.75, 3.05) is 23.3 Å². The van der Waals surface area contributed by atoms with Crippen molar-refractivity contribution >= 4 is 23.1 Å². The van der Waals surface area contributed by atoms with Crippen LogP contribution in [0.1, 0.15) is 30.1 Å². The van der Waals surface area contributed by atoms with Crippen LogP contribution < -0.4 is 10.2 Å². The summed E-state index contributed by atoms with van der Waals surface area (Å²) in [5.41, 5.74) is 0.931. The summed E-state index contributed by atoms with van der Waals surface area (Å²) in [4.78, 5) is 29.5. The number of carbonyl (C=O) groups is 1. The van der Waals surface area contributed by atoms with E-state index in [1.165, 1.54) is 12.1 Å². The van der Waals surface area contributed by atoms with Crippen molar-refractivity contribution in [2.24, 2.45) is 5.92 Å². The van der Waals surface area contributed by atoms with Crippen LogP contribution in [-0.2, 0) is 0 Å². The molecule has 2 aromatic rings. The Morgan fingerprint density at radius 2 is 2.04 bits per heavy atom. The number of amides is 1. The highest BCUT2D eigenvalue weighted by Crippen LogP contribution is 2.29. The van der Waals surface area contributed by atoms with Crippen LogP contribution >= 0.6 is 0 Å². The summed E-state index contributed by atoms with van der Waals surface area (Å²) in [5.74, 6) is 0.674. The van der Waals surface area contributed by atoms with E-state index < -0.39 is 10.8 Å². The number of pyridine rings is 1. The van der Waals surface area contributed by atoms with Gasteiger partial charge in [0.1, 0.15) is 5.82 Å². The first-order valence-corrected chi connectivity index (χ1v) is 8.30. The van der Waals surface area contributed by atoms with Crippen molar-refractivity contribution in [3.63, 3.8) is 0 Å². The number of nitrogens with zero attached hydrogens (tertiary/aromatic N) is 3. The van der Waals surface area contributed by atoms with Crippen molar-refractivity contribution in [3.05, 3.63) is 58.3 Å². The normalized spacial score (nSPS) is 15.0. The molecule has 1 aromatic heterocycles. The van der Waals surface area contributed by atoms with Crippen molar-refractivity contribution in [1.29, 1.82) is 0 Å². The lowest BCUT2D eigenvalue weighted by atomic mass is 9.98. The van der Waals surface area contributed by atoms with E-state index in [2.05, 4.69) is 22.1 Å². The zero-order chi connectivity index (χ0) is 17.8. The second kappa shape index (κ2) is 7.29. The number of hydrogen-bond donors (Lipinski definition) is 1. The smallest absolute Gasteiger partial charge is 0.270 e. The van der Waals surface area contributed by atoms with Gasteiger partial charge in [-0.3, -0.25) is 14.9 Å². The quantitative estimate of drug-likeness (QED) is 0.680. The molecule has 0 saturated carbocycles. The van der Waals surface area contributed by atoms with E-state index in [1.54, 1.807) is 30.5 Å². The lowest BCUT2D eigenvalue weighted by Crippen LogP contribution is -2.34. The van der Waals surface area contributed by atoms with Crippen LogP contribution in [0.4, 0.5) is 17.2 Å². The Morgan fingerprint density at radius 1 is 1.28 bits per heavy atom. The highest BCUT2D eigenvalue weighted by molar-refractivity contribution is 6.08. The van der Waals surface area contributed by atoms with Gasteiger partial charge in [0.25, 0.3) is 11.6 Å². The van der Waals surface area contributed by atoms with Crippen molar-refractivity contribution in [1.82, 2.24) is 4.98 Å². The first-order chi connectivity index (χ1) is 12.0. The first kappa shape index (κ1) is 16.9. The highest BCUT2D eigenvalue weighted by Gasteiger charge is 2.23. The summed E-state index contributed by atoms with van der Waals surface area (Å²) in [6.45, 7) is 3.88. The molecular formula is C18H20N4O3. The molecular weight excluding hydrogens is 320 g/mol. The number of hydrogen-bond acceptors (Lipinski definition) is 5. The van der Waals surface area contributed by atoms with E-state index in [1.807, 2.05) is 0 Å². The summed E-state index contributed by atoms with van der Waals surface area (Å²) >= 11 is 0. The van der Waals surface area contributed by atoms with Crippen LogP contribution in [0.15, 0.2) is 42.6 Å². The number of nitro groups is 1. The maximum absolute atomic E-state index is 12.7. The number of nitro benzene ring substituents is 1. The molecule has 1 aromatic carbocycles. The molecule has 25 heavy (non-hydrogen) atoms. The molecule has 0 radical (unpaired) electrons. The fourth-order valence-electron chi connectivity index (χ4n) is 2.97. The molecule has 0 atom stereocenters. The van der Waals surface area contributed by atoms with Gasteiger partial charge in [0.05, 0.1) is 16.2 Å². The van der Waals surface area contributed by atoms with Gasteiger partial charge < -0.3 is 10.2 Å². The number of benzene rings is 1. The largest absolute Gasteiger partial charge is 0.371 e. The molecule has 1 amide bonds. The van der Waals surface area contributed by atoms with Gasteiger partial charge in [0, 0.05) is 31.4 Å². The maximum atomic E-state index is 12.7. The zero-order valence-corrected chi connectivity index (χ0v) is 14.0. The van der Waals surface area contributed by atoms with Crippen molar-refractivity contribution < 1.29 is 9.72 Å². The van der Waals surface area contributed by atoms with E-state index in [-0.39, 0.29) is 5.69 Å². The molecule has 130 valence electrons. The summed E-state index contributed by atoms with van der Waals surface area (Å²) in [6, 6.07) is 9.65. The van der Waals surface area contributed by atoms with E-state index in [4.69, 9.17) is 0 Å². The average molecular weight is 340 g/mol. The first-order valence-electron chi connectivity index (χ1n) is 8.30. The minimum absolute atomic E-state index is 0.0969. The molecule has 1 fully saturated rings. The van der Waals surface area contributed by atoms with Crippen LogP contribution in [0.25, 0.3) is 0 Å². The summed E-state index contributed by atoms with van der Waals surface area (Å²) in [6.07, 6.45) is 3.66. The Hall–Kier alpha value is -2.96. The number of non-ortho nitro benzene ring substituents is 1. The average Bonchev–Trinajstić information content (AvgIpc) is 2.62. The number of nitrogens with one attached hydrogen (secondary N) is 1. The second-order valence-electron chi connectivity index (χ2n) is 6.30. The Morgan fingerprint density at radius 3 is 2.68 bits per heavy atom. The molecule has 1 aliphatic heterocycles. The second-order valence-corrected chi connectivity index (χ2v) is 6.30. The van der Waals surface area contributed by atoms with Gasteiger partial charge in [-0.05, 0) is 37.0 Å². The topological polar surface area (TPSA) is 88.4 Å². The standard InChI is InChI=1S/C18H20N4O3/c1-13-7-10-21(11-8-13)16-6-5-14(22(24)25)12-15(16)18(23)20-17-4-2-3-9-19-17/h2-6,9,12-13H,7-8,10-11H2,1H3,(H,19,20,23). The third-order valence-electron chi connectivity index (χ3n) is 4.47. The number of aromatic nitrogens is 1. The van der Waals surface area contributed by atoms with Gasteiger partial charge in [-0.2, -0.15) is 0 Å². The van der Waals surface area contributed by atoms with E-state index in [0.29, 0.717) is 17.3 Å². The summed E-state index contributed by atoms with van der Waals surface area (Å²) in [5, 5.41) is 13.8. The monoisotopic (exact) mass is 340 g/mol. The molecule has 3 rings (SSSR count). The van der Waals surface area contributed by atoms with E-state index in [0.717, 1.165) is 31.6 Å². The molecule has 1 N–H and O–H groups in total. The highest BCUT2D eigenvalue weighted by atomic mass is 16.6. The summed E-state index contributed by atoms with van der Waals surface area (Å²) in [7, 11) is 0. The van der Waals surface area contributed by atoms with Gasteiger partial charge in [0.2, 0.25) is 0 Å². The lowest BCUT2D eigenvalue weighted by molar-refractivity contribution is -0.384. The molecule has 0 unspecified atom stereocenters. The van der Waals surface area contributed by atoms with Gasteiger partial charge in [0.15, 0.2) is 0 Å². The maximum Gasteiger partial charge on any atom is 0.270 e. The van der Waals surface area contributed by atoms with E-state index in [9.17, 15) is 14.9 Å². The fourth-order valence-corrected chi connectivity index (χ4v) is 2.97. The van der Waals surface area contributed by atoms with Crippen molar-refractivity contribution in [2.45, 2.75) is 19.8 Å². The minimum Gasteiger partial charge on any atom is -0.371 e.